The molecule has 2 aromatic rings. The van der Waals surface area contributed by atoms with E-state index in [-0.39, 0.29) is 6.03 Å². The predicted octanol–water partition coefficient (Wildman–Crippen LogP) is 4.11. The van der Waals surface area contributed by atoms with Crippen LogP contribution in [-0.2, 0) is 6.54 Å². The molecule has 2 rings (SSSR count). The van der Waals surface area contributed by atoms with Crippen LogP contribution in [0.3, 0.4) is 0 Å². The molecule has 0 spiro atoms. The van der Waals surface area contributed by atoms with Crippen LogP contribution in [0.5, 0.6) is 0 Å². The van der Waals surface area contributed by atoms with Gasteiger partial charge in [0.15, 0.2) is 0 Å². The van der Waals surface area contributed by atoms with Gasteiger partial charge in [0.05, 0.1) is 5.69 Å². The number of urea groups is 1. The Morgan fingerprint density at radius 2 is 1.74 bits per heavy atom. The fraction of sp³-hybridized carbons (Fsp3) is 0.133. The number of anilines is 1. The number of nitrogens with one attached hydrogen (secondary N) is 1. The molecule has 0 aromatic heterocycles. The van der Waals surface area contributed by atoms with Gasteiger partial charge >= 0.3 is 6.03 Å². The number of nitrogens with zero attached hydrogens (tertiary/aromatic N) is 1. The molecule has 0 saturated heterocycles. The topological polar surface area (TPSA) is 32.3 Å². The van der Waals surface area contributed by atoms with Crippen LogP contribution in [0.25, 0.3) is 0 Å². The highest BCUT2D eigenvalue weighted by atomic mass is 79.9. The fourth-order valence-corrected chi connectivity index (χ4v) is 2.09. The standard InChI is InChI=1S/C15H15BrN2O/c1-18(11-12-7-3-2-4-8-12)15(19)17-14-10-6-5-9-13(14)16/h2-10H,11H2,1H3,(H,17,19). The molecule has 1 N–H and O–H groups in total. The molecule has 0 atom stereocenters. The van der Waals surface area contributed by atoms with Crippen molar-refractivity contribution in [3.63, 3.8) is 0 Å². The zero-order valence-corrected chi connectivity index (χ0v) is 12.2. The zero-order chi connectivity index (χ0) is 13.7. The van der Waals surface area contributed by atoms with E-state index in [9.17, 15) is 4.79 Å². The second-order valence-electron chi connectivity index (χ2n) is 4.25. The summed E-state index contributed by atoms with van der Waals surface area (Å²) in [6.45, 7) is 0.580. The maximum atomic E-state index is 12.1. The molecule has 0 heterocycles. The van der Waals surface area contributed by atoms with E-state index in [2.05, 4.69) is 21.2 Å². The highest BCUT2D eigenvalue weighted by molar-refractivity contribution is 9.10. The summed E-state index contributed by atoms with van der Waals surface area (Å²) in [5.74, 6) is 0. The summed E-state index contributed by atoms with van der Waals surface area (Å²) < 4.78 is 0.872. The smallest absolute Gasteiger partial charge is 0.321 e. The van der Waals surface area contributed by atoms with Crippen LogP contribution in [0.15, 0.2) is 59.1 Å². The molecule has 0 unspecified atom stereocenters. The van der Waals surface area contributed by atoms with Gasteiger partial charge in [0.2, 0.25) is 0 Å². The van der Waals surface area contributed by atoms with Crippen molar-refractivity contribution in [3.8, 4) is 0 Å². The van der Waals surface area contributed by atoms with Crippen molar-refractivity contribution in [2.45, 2.75) is 6.54 Å². The molecule has 0 radical (unpaired) electrons. The summed E-state index contributed by atoms with van der Waals surface area (Å²) in [5.41, 5.74) is 1.87. The molecule has 4 heteroatoms. The lowest BCUT2D eigenvalue weighted by Crippen LogP contribution is -2.30. The van der Waals surface area contributed by atoms with Gasteiger partial charge in [0, 0.05) is 18.1 Å². The monoisotopic (exact) mass is 318 g/mol. The molecule has 0 aliphatic heterocycles. The summed E-state index contributed by atoms with van der Waals surface area (Å²) in [6.07, 6.45) is 0. The predicted molar refractivity (Wildman–Crippen MR) is 81.1 cm³/mol. The van der Waals surface area contributed by atoms with Gasteiger partial charge in [-0.15, -0.1) is 0 Å². The van der Waals surface area contributed by atoms with Gasteiger partial charge in [-0.1, -0.05) is 42.5 Å². The third-order valence-corrected chi connectivity index (χ3v) is 3.42. The minimum Gasteiger partial charge on any atom is -0.323 e. The second kappa shape index (κ2) is 6.38. The maximum absolute atomic E-state index is 12.1. The van der Waals surface area contributed by atoms with Crippen molar-refractivity contribution in [3.05, 3.63) is 64.6 Å². The van der Waals surface area contributed by atoms with Gasteiger partial charge in [0.1, 0.15) is 0 Å². The molecule has 2 aromatic carbocycles. The first kappa shape index (κ1) is 13.6. The number of hydrogen-bond donors (Lipinski definition) is 1. The molecular weight excluding hydrogens is 304 g/mol. The summed E-state index contributed by atoms with van der Waals surface area (Å²) in [7, 11) is 1.78. The molecule has 19 heavy (non-hydrogen) atoms. The van der Waals surface area contributed by atoms with Crippen LogP contribution in [0.1, 0.15) is 5.56 Å². The quantitative estimate of drug-likeness (QED) is 0.907. The van der Waals surface area contributed by atoms with Crippen LogP contribution < -0.4 is 5.32 Å². The molecule has 0 bridgehead atoms. The van der Waals surface area contributed by atoms with Crippen LogP contribution in [0.4, 0.5) is 10.5 Å². The number of benzene rings is 2. The Kier molecular flexibility index (Phi) is 4.58. The third kappa shape index (κ3) is 3.83. The van der Waals surface area contributed by atoms with Crippen molar-refractivity contribution >= 4 is 27.6 Å². The van der Waals surface area contributed by atoms with Gasteiger partial charge in [-0.05, 0) is 33.6 Å². The van der Waals surface area contributed by atoms with E-state index in [4.69, 9.17) is 0 Å². The van der Waals surface area contributed by atoms with Crippen LogP contribution in [-0.4, -0.2) is 18.0 Å². The minimum absolute atomic E-state index is 0.129. The van der Waals surface area contributed by atoms with Gasteiger partial charge in [-0.3, -0.25) is 0 Å². The first-order valence-corrected chi connectivity index (χ1v) is 6.76. The van der Waals surface area contributed by atoms with E-state index >= 15 is 0 Å². The molecule has 0 fully saturated rings. The summed E-state index contributed by atoms with van der Waals surface area (Å²) in [6, 6.07) is 17.3. The lowest BCUT2D eigenvalue weighted by molar-refractivity contribution is 0.220. The van der Waals surface area contributed by atoms with Crippen LogP contribution in [0, 0.1) is 0 Å². The van der Waals surface area contributed by atoms with E-state index in [1.165, 1.54) is 0 Å². The molecule has 98 valence electrons. The molecule has 2 amide bonds. The molecular formula is C15H15BrN2O. The Morgan fingerprint density at radius 3 is 2.42 bits per heavy atom. The summed E-state index contributed by atoms with van der Waals surface area (Å²) in [4.78, 5) is 13.7. The van der Waals surface area contributed by atoms with E-state index in [1.54, 1.807) is 11.9 Å². The molecule has 0 saturated carbocycles. The van der Waals surface area contributed by atoms with Gasteiger partial charge in [0.25, 0.3) is 0 Å². The highest BCUT2D eigenvalue weighted by Gasteiger charge is 2.10. The fourth-order valence-electron chi connectivity index (χ4n) is 1.70. The van der Waals surface area contributed by atoms with E-state index in [0.717, 1.165) is 15.7 Å². The minimum atomic E-state index is -0.129. The SMILES string of the molecule is CN(Cc1ccccc1)C(=O)Nc1ccccc1Br. The van der Waals surface area contributed by atoms with E-state index < -0.39 is 0 Å². The number of amides is 2. The molecule has 0 aliphatic rings. The van der Waals surface area contributed by atoms with Gasteiger partial charge in [-0.25, -0.2) is 4.79 Å². The largest absolute Gasteiger partial charge is 0.323 e. The van der Waals surface area contributed by atoms with Crippen LogP contribution >= 0.6 is 15.9 Å². The second-order valence-corrected chi connectivity index (χ2v) is 5.11. The van der Waals surface area contributed by atoms with E-state index in [1.807, 2.05) is 54.6 Å². The Morgan fingerprint density at radius 1 is 1.11 bits per heavy atom. The first-order valence-electron chi connectivity index (χ1n) is 5.97. The number of hydrogen-bond acceptors (Lipinski definition) is 1. The Bertz CT molecular complexity index is 557. The number of carbonyl (C=O) groups is 1. The third-order valence-electron chi connectivity index (χ3n) is 2.72. The number of carbonyl (C=O) groups excluding carboxylic acids is 1. The zero-order valence-electron chi connectivity index (χ0n) is 10.6. The first-order chi connectivity index (χ1) is 9.16. The number of halogens is 1. The molecule has 3 nitrogen and oxygen atoms in total. The lowest BCUT2D eigenvalue weighted by Gasteiger charge is -2.18. The maximum Gasteiger partial charge on any atom is 0.321 e. The summed E-state index contributed by atoms with van der Waals surface area (Å²) >= 11 is 3.41. The molecule has 0 aliphatic carbocycles. The van der Waals surface area contributed by atoms with E-state index in [0.29, 0.717) is 6.54 Å². The van der Waals surface area contributed by atoms with Crippen molar-refractivity contribution in [2.24, 2.45) is 0 Å². The van der Waals surface area contributed by atoms with Gasteiger partial charge < -0.3 is 10.2 Å². The van der Waals surface area contributed by atoms with Crippen molar-refractivity contribution < 1.29 is 4.79 Å². The van der Waals surface area contributed by atoms with Crippen molar-refractivity contribution in [2.75, 3.05) is 12.4 Å². The highest BCUT2D eigenvalue weighted by Crippen LogP contribution is 2.21. The Labute approximate surface area is 121 Å². The van der Waals surface area contributed by atoms with Crippen LogP contribution in [0.2, 0.25) is 0 Å². The number of para-hydroxylation sites is 1. The van der Waals surface area contributed by atoms with Crippen molar-refractivity contribution in [1.82, 2.24) is 4.90 Å². The normalized spacial score (nSPS) is 10.0. The Hall–Kier alpha value is -1.81. The Balaban J connectivity index is 1.99. The average Bonchev–Trinajstić information content (AvgIpc) is 2.42. The average molecular weight is 319 g/mol. The summed E-state index contributed by atoms with van der Waals surface area (Å²) in [5, 5.41) is 2.87. The van der Waals surface area contributed by atoms with Crippen molar-refractivity contribution in [1.29, 1.82) is 0 Å². The number of rotatable bonds is 3. The van der Waals surface area contributed by atoms with Gasteiger partial charge in [-0.2, -0.15) is 0 Å². The lowest BCUT2D eigenvalue weighted by atomic mass is 10.2.